The Balaban J connectivity index is 2.18. The quantitative estimate of drug-likeness (QED) is 0.698. The molecule has 1 unspecified atom stereocenters. The molecule has 0 aliphatic rings. The highest BCUT2D eigenvalue weighted by Crippen LogP contribution is 2.33. The second-order valence-corrected chi connectivity index (χ2v) is 7.09. The van der Waals surface area contributed by atoms with E-state index in [-0.39, 0.29) is 0 Å². The number of carbonyl (C=O) groups is 1. The highest BCUT2D eigenvalue weighted by atomic mass is 32.2. The van der Waals surface area contributed by atoms with Crippen molar-refractivity contribution in [2.75, 3.05) is 7.11 Å². The maximum Gasteiger partial charge on any atom is 0.340 e. The molecule has 0 amide bonds. The number of ether oxygens (including phenoxy) is 1. The van der Waals surface area contributed by atoms with Gasteiger partial charge >= 0.3 is 5.97 Å². The topological polar surface area (TPSA) is 46.5 Å². The van der Waals surface area contributed by atoms with Crippen LogP contribution in [0.3, 0.4) is 0 Å². The predicted molar refractivity (Wildman–Crippen MR) is 95.0 cm³/mol. The zero-order chi connectivity index (χ0) is 16.9. The SMILES string of the molecule is COc1ccc([S+](c2ccccc2)c2ccccc2C(=O)O)cc1. The molecule has 0 fully saturated rings. The number of rotatable bonds is 5. The van der Waals surface area contributed by atoms with Crippen LogP contribution in [0.1, 0.15) is 10.4 Å². The van der Waals surface area contributed by atoms with Crippen molar-refractivity contribution in [1.29, 1.82) is 0 Å². The van der Waals surface area contributed by atoms with E-state index >= 15 is 0 Å². The van der Waals surface area contributed by atoms with Gasteiger partial charge in [-0.05, 0) is 48.5 Å². The van der Waals surface area contributed by atoms with Gasteiger partial charge in [-0.25, -0.2) is 4.79 Å². The molecule has 3 aromatic carbocycles. The molecule has 0 spiro atoms. The Bertz CT molecular complexity index is 829. The summed E-state index contributed by atoms with van der Waals surface area (Å²) in [6.07, 6.45) is 0. The zero-order valence-electron chi connectivity index (χ0n) is 13.2. The van der Waals surface area contributed by atoms with Crippen LogP contribution in [-0.4, -0.2) is 18.2 Å². The zero-order valence-corrected chi connectivity index (χ0v) is 14.0. The molecule has 0 aliphatic carbocycles. The van der Waals surface area contributed by atoms with Gasteiger partial charge in [-0.2, -0.15) is 0 Å². The monoisotopic (exact) mass is 337 g/mol. The van der Waals surface area contributed by atoms with Crippen molar-refractivity contribution in [3.05, 3.63) is 84.4 Å². The Morgan fingerprint density at radius 3 is 2.04 bits per heavy atom. The second kappa shape index (κ2) is 7.23. The van der Waals surface area contributed by atoms with Crippen molar-refractivity contribution >= 4 is 16.9 Å². The van der Waals surface area contributed by atoms with Crippen molar-refractivity contribution in [3.63, 3.8) is 0 Å². The number of carboxylic acid groups (broad SMARTS) is 1. The van der Waals surface area contributed by atoms with Gasteiger partial charge < -0.3 is 9.84 Å². The van der Waals surface area contributed by atoms with Crippen LogP contribution in [0.5, 0.6) is 5.75 Å². The van der Waals surface area contributed by atoms with E-state index in [4.69, 9.17) is 4.74 Å². The lowest BCUT2D eigenvalue weighted by Gasteiger charge is -2.10. The molecule has 3 aromatic rings. The van der Waals surface area contributed by atoms with Crippen LogP contribution in [0.15, 0.2) is 93.5 Å². The van der Waals surface area contributed by atoms with Gasteiger partial charge in [0.15, 0.2) is 14.7 Å². The van der Waals surface area contributed by atoms with Gasteiger partial charge in [-0.3, -0.25) is 0 Å². The first-order valence-electron chi connectivity index (χ1n) is 7.46. The minimum absolute atomic E-state index is 0.334. The minimum atomic E-state index is -0.910. The molecule has 120 valence electrons. The summed E-state index contributed by atoms with van der Waals surface area (Å²) in [4.78, 5) is 14.6. The number of carboxylic acids is 1. The van der Waals surface area contributed by atoms with E-state index in [0.29, 0.717) is 5.56 Å². The van der Waals surface area contributed by atoms with Gasteiger partial charge in [-0.15, -0.1) is 0 Å². The van der Waals surface area contributed by atoms with Crippen molar-refractivity contribution in [3.8, 4) is 5.75 Å². The van der Waals surface area contributed by atoms with Crippen LogP contribution in [0, 0.1) is 0 Å². The molecule has 0 aliphatic heterocycles. The lowest BCUT2D eigenvalue weighted by molar-refractivity contribution is 0.0693. The van der Waals surface area contributed by atoms with Crippen LogP contribution in [0.2, 0.25) is 0 Å². The summed E-state index contributed by atoms with van der Waals surface area (Å²) in [6, 6.07) is 25.0. The van der Waals surface area contributed by atoms with Crippen LogP contribution in [0.25, 0.3) is 0 Å². The van der Waals surface area contributed by atoms with Crippen molar-refractivity contribution in [2.24, 2.45) is 0 Å². The molecular weight excluding hydrogens is 320 g/mol. The molecule has 24 heavy (non-hydrogen) atoms. The largest absolute Gasteiger partial charge is 0.497 e. The molecule has 3 nitrogen and oxygen atoms in total. The molecular formula is C20H17O3S+. The Morgan fingerprint density at radius 2 is 1.42 bits per heavy atom. The molecule has 0 saturated carbocycles. The maximum atomic E-state index is 11.7. The first kappa shape index (κ1) is 16.1. The van der Waals surface area contributed by atoms with Gasteiger partial charge in [0.2, 0.25) is 0 Å². The fraction of sp³-hybridized carbons (Fsp3) is 0.0500. The molecule has 4 heteroatoms. The maximum absolute atomic E-state index is 11.7. The van der Waals surface area contributed by atoms with Gasteiger partial charge in [0, 0.05) is 0 Å². The average Bonchev–Trinajstić information content (AvgIpc) is 2.64. The fourth-order valence-electron chi connectivity index (χ4n) is 2.48. The van der Waals surface area contributed by atoms with Crippen LogP contribution < -0.4 is 4.74 Å². The Kier molecular flexibility index (Phi) is 4.87. The van der Waals surface area contributed by atoms with E-state index in [1.165, 1.54) is 0 Å². The van der Waals surface area contributed by atoms with E-state index in [0.717, 1.165) is 20.4 Å². The first-order valence-corrected chi connectivity index (χ1v) is 8.69. The third kappa shape index (κ3) is 3.29. The number of hydrogen-bond donors (Lipinski definition) is 1. The summed E-state index contributed by atoms with van der Waals surface area (Å²) in [5, 5.41) is 9.57. The van der Waals surface area contributed by atoms with Crippen molar-refractivity contribution < 1.29 is 14.6 Å². The summed E-state index contributed by atoms with van der Waals surface area (Å²) in [5.74, 6) is -0.130. The summed E-state index contributed by atoms with van der Waals surface area (Å²) in [7, 11) is 1.14. The van der Waals surface area contributed by atoms with E-state index in [1.807, 2.05) is 66.7 Å². The Labute approximate surface area is 143 Å². The molecule has 0 saturated heterocycles. The highest BCUT2D eigenvalue weighted by Gasteiger charge is 2.32. The fourth-order valence-corrected chi connectivity index (χ4v) is 4.69. The second-order valence-electron chi connectivity index (χ2n) is 5.10. The van der Waals surface area contributed by atoms with Crippen molar-refractivity contribution in [2.45, 2.75) is 14.7 Å². The summed E-state index contributed by atoms with van der Waals surface area (Å²) in [5.41, 5.74) is 0.334. The molecule has 0 bridgehead atoms. The van der Waals surface area contributed by atoms with Gasteiger partial charge in [0.25, 0.3) is 0 Å². The lowest BCUT2D eigenvalue weighted by Crippen LogP contribution is -2.10. The predicted octanol–water partition coefficient (Wildman–Crippen LogP) is 4.49. The van der Waals surface area contributed by atoms with E-state index < -0.39 is 16.9 Å². The van der Waals surface area contributed by atoms with Crippen LogP contribution >= 0.6 is 0 Å². The molecule has 0 radical (unpaired) electrons. The standard InChI is InChI=1S/C20H16O3S/c1-23-15-11-13-17(14-12-15)24(16-7-3-2-4-8-16)19-10-6-5-9-18(19)20(21)22/h2-14H,1H3/p+1. The smallest absolute Gasteiger partial charge is 0.340 e. The van der Waals surface area contributed by atoms with E-state index in [1.54, 1.807) is 19.2 Å². The highest BCUT2D eigenvalue weighted by molar-refractivity contribution is 7.97. The van der Waals surface area contributed by atoms with Crippen LogP contribution in [-0.2, 0) is 10.9 Å². The summed E-state index contributed by atoms with van der Waals surface area (Å²) in [6.45, 7) is 0. The molecule has 3 rings (SSSR count). The summed E-state index contributed by atoms with van der Waals surface area (Å²) >= 11 is 0. The third-order valence-electron chi connectivity index (χ3n) is 3.61. The van der Waals surface area contributed by atoms with Gasteiger partial charge in [0.1, 0.15) is 22.2 Å². The summed E-state index contributed by atoms with van der Waals surface area (Å²) < 4.78 is 5.23. The van der Waals surface area contributed by atoms with Gasteiger partial charge in [-0.1, -0.05) is 30.3 Å². The lowest BCUT2D eigenvalue weighted by atomic mass is 10.2. The van der Waals surface area contributed by atoms with Crippen LogP contribution in [0.4, 0.5) is 0 Å². The number of hydrogen-bond acceptors (Lipinski definition) is 2. The number of aromatic carboxylic acids is 1. The molecule has 1 atom stereocenters. The minimum Gasteiger partial charge on any atom is -0.497 e. The normalized spacial score (nSPS) is 11.7. The Morgan fingerprint density at radius 1 is 0.833 bits per heavy atom. The van der Waals surface area contributed by atoms with E-state index in [2.05, 4.69) is 0 Å². The number of benzene rings is 3. The van der Waals surface area contributed by atoms with E-state index in [9.17, 15) is 9.90 Å². The van der Waals surface area contributed by atoms with Gasteiger partial charge in [0.05, 0.1) is 7.11 Å². The average molecular weight is 337 g/mol. The molecule has 0 aromatic heterocycles. The Hall–Kier alpha value is -2.72. The molecule has 1 N–H and O–H groups in total. The third-order valence-corrected chi connectivity index (χ3v) is 5.89. The van der Waals surface area contributed by atoms with Crippen molar-refractivity contribution in [1.82, 2.24) is 0 Å². The first-order chi connectivity index (χ1) is 11.7. The molecule has 0 heterocycles. The number of methoxy groups -OCH3 is 1.